The molecule has 0 atom stereocenters. The highest BCUT2D eigenvalue weighted by molar-refractivity contribution is 5.90. The van der Waals surface area contributed by atoms with Gasteiger partial charge in [0.05, 0.1) is 12.8 Å². The summed E-state index contributed by atoms with van der Waals surface area (Å²) in [4.78, 5) is 14.9. The highest BCUT2D eigenvalue weighted by atomic mass is 19.1. The third kappa shape index (κ3) is 2.34. The zero-order valence-corrected chi connectivity index (χ0v) is 12.2. The molecule has 22 heavy (non-hydrogen) atoms. The highest BCUT2D eigenvalue weighted by Crippen LogP contribution is 2.34. The number of hydrogen-bond donors (Lipinski definition) is 2. The third-order valence-corrected chi connectivity index (χ3v) is 3.38. The van der Waals surface area contributed by atoms with Crippen molar-refractivity contribution in [1.82, 2.24) is 4.98 Å². The van der Waals surface area contributed by atoms with Crippen LogP contribution in [-0.2, 0) is 0 Å². The van der Waals surface area contributed by atoms with Gasteiger partial charge in [-0.3, -0.25) is 0 Å². The predicted octanol–water partition coefficient (Wildman–Crippen LogP) is 2.93. The molecule has 0 unspecified atom stereocenters. The lowest BCUT2D eigenvalue weighted by Gasteiger charge is -2.13. The summed E-state index contributed by atoms with van der Waals surface area (Å²) in [5.74, 6) is -3.22. The number of halogens is 2. The van der Waals surface area contributed by atoms with Crippen molar-refractivity contribution >= 4 is 11.7 Å². The number of nitrogens with zero attached hydrogens (tertiary/aromatic N) is 1. The summed E-state index contributed by atoms with van der Waals surface area (Å²) < 4.78 is 33.7. The van der Waals surface area contributed by atoms with Gasteiger partial charge in [-0.1, -0.05) is 6.07 Å². The number of aryl methyl sites for hydroxylation is 1. The lowest BCUT2D eigenvalue weighted by molar-refractivity contribution is 0.0689. The predicted molar refractivity (Wildman–Crippen MR) is 77.0 cm³/mol. The molecule has 0 spiro atoms. The van der Waals surface area contributed by atoms with Crippen LogP contribution in [0.5, 0.6) is 5.75 Å². The maximum Gasteiger partial charge on any atom is 0.354 e. The van der Waals surface area contributed by atoms with E-state index in [2.05, 4.69) is 4.98 Å². The standard InChI is InChI=1S/C15H14F2N2O3/c1-6-4-5-8(9(16)14(6)22-3)13-10(17)11(18)7(2)12(19-13)15(20)21/h4-5H,1-3H3,(H2,18,19)(H,20,21). The maximum absolute atomic E-state index is 14.4. The second kappa shape index (κ2) is 5.59. The van der Waals surface area contributed by atoms with E-state index in [1.165, 1.54) is 26.2 Å². The van der Waals surface area contributed by atoms with Gasteiger partial charge < -0.3 is 15.6 Å². The maximum atomic E-state index is 14.4. The molecule has 0 radical (unpaired) electrons. The molecule has 1 aromatic heterocycles. The van der Waals surface area contributed by atoms with Crippen molar-refractivity contribution < 1.29 is 23.4 Å². The Morgan fingerprint density at radius 3 is 2.45 bits per heavy atom. The number of carbonyl (C=O) groups is 1. The van der Waals surface area contributed by atoms with Crippen LogP contribution in [-0.4, -0.2) is 23.2 Å². The van der Waals surface area contributed by atoms with Crippen LogP contribution in [0.4, 0.5) is 14.5 Å². The molecule has 1 aromatic carbocycles. The Balaban J connectivity index is 2.81. The molecule has 5 nitrogen and oxygen atoms in total. The van der Waals surface area contributed by atoms with Gasteiger partial charge >= 0.3 is 5.97 Å². The van der Waals surface area contributed by atoms with Gasteiger partial charge in [0.1, 0.15) is 5.69 Å². The van der Waals surface area contributed by atoms with Gasteiger partial charge in [0, 0.05) is 11.1 Å². The summed E-state index contributed by atoms with van der Waals surface area (Å²) in [5.41, 5.74) is 4.61. The Morgan fingerprint density at radius 1 is 1.27 bits per heavy atom. The molecular weight excluding hydrogens is 294 g/mol. The molecule has 1 heterocycles. The number of anilines is 1. The molecule has 0 saturated heterocycles. The van der Waals surface area contributed by atoms with Gasteiger partial charge in [0.25, 0.3) is 0 Å². The minimum atomic E-state index is -1.37. The Labute approximate surface area is 125 Å². The van der Waals surface area contributed by atoms with Crippen molar-refractivity contribution in [2.24, 2.45) is 0 Å². The second-order valence-corrected chi connectivity index (χ2v) is 4.74. The van der Waals surface area contributed by atoms with Crippen LogP contribution in [0.2, 0.25) is 0 Å². The van der Waals surface area contributed by atoms with Gasteiger partial charge in [-0.15, -0.1) is 0 Å². The van der Waals surface area contributed by atoms with Crippen LogP contribution in [0.25, 0.3) is 11.3 Å². The quantitative estimate of drug-likeness (QED) is 0.910. The topological polar surface area (TPSA) is 85.4 Å². The molecule has 3 N–H and O–H groups in total. The summed E-state index contributed by atoms with van der Waals surface area (Å²) >= 11 is 0. The van der Waals surface area contributed by atoms with Crippen LogP contribution in [0.15, 0.2) is 12.1 Å². The fourth-order valence-corrected chi connectivity index (χ4v) is 2.14. The highest BCUT2D eigenvalue weighted by Gasteiger charge is 2.23. The average Bonchev–Trinajstić information content (AvgIpc) is 2.46. The number of methoxy groups -OCH3 is 1. The van der Waals surface area contributed by atoms with Crippen LogP contribution in [0.3, 0.4) is 0 Å². The summed E-state index contributed by atoms with van der Waals surface area (Å²) in [6, 6.07) is 2.83. The van der Waals surface area contributed by atoms with Crippen molar-refractivity contribution in [1.29, 1.82) is 0 Å². The van der Waals surface area contributed by atoms with Crippen molar-refractivity contribution in [3.63, 3.8) is 0 Å². The van der Waals surface area contributed by atoms with E-state index in [-0.39, 0.29) is 22.6 Å². The van der Waals surface area contributed by atoms with Crippen LogP contribution in [0.1, 0.15) is 21.6 Å². The number of carboxylic acids is 1. The molecule has 0 aliphatic carbocycles. The van der Waals surface area contributed by atoms with Crippen molar-refractivity contribution in [2.75, 3.05) is 12.8 Å². The summed E-state index contributed by atoms with van der Waals surface area (Å²) in [7, 11) is 1.28. The van der Waals surface area contributed by atoms with Crippen LogP contribution in [0, 0.1) is 25.5 Å². The molecule has 0 saturated carbocycles. The van der Waals surface area contributed by atoms with Crippen molar-refractivity contribution in [2.45, 2.75) is 13.8 Å². The summed E-state index contributed by atoms with van der Waals surface area (Å²) in [5, 5.41) is 9.11. The molecule has 0 aliphatic rings. The van der Waals surface area contributed by atoms with Gasteiger partial charge in [-0.25, -0.2) is 18.6 Å². The number of benzene rings is 1. The molecular formula is C15H14F2N2O3. The summed E-state index contributed by atoms with van der Waals surface area (Å²) in [6.07, 6.45) is 0. The first-order valence-corrected chi connectivity index (χ1v) is 6.31. The van der Waals surface area contributed by atoms with Gasteiger partial charge in [0.2, 0.25) is 0 Å². The number of aromatic nitrogens is 1. The zero-order chi connectivity index (χ0) is 16.6. The third-order valence-electron chi connectivity index (χ3n) is 3.38. The number of hydrogen-bond acceptors (Lipinski definition) is 4. The fraction of sp³-hybridized carbons (Fsp3) is 0.200. The molecule has 116 valence electrons. The Bertz CT molecular complexity index is 776. The van der Waals surface area contributed by atoms with E-state index < -0.39 is 29.0 Å². The van der Waals surface area contributed by atoms with E-state index in [0.717, 1.165) is 0 Å². The minimum Gasteiger partial charge on any atom is -0.493 e. The van der Waals surface area contributed by atoms with E-state index in [0.29, 0.717) is 5.56 Å². The molecule has 0 fully saturated rings. The molecule has 2 aromatic rings. The molecule has 7 heteroatoms. The normalized spacial score (nSPS) is 10.6. The zero-order valence-electron chi connectivity index (χ0n) is 12.2. The van der Waals surface area contributed by atoms with Crippen LogP contribution >= 0.6 is 0 Å². The van der Waals surface area contributed by atoms with E-state index >= 15 is 0 Å². The number of aromatic carboxylic acids is 1. The Hall–Kier alpha value is -2.70. The number of carboxylic acid groups (broad SMARTS) is 1. The largest absolute Gasteiger partial charge is 0.493 e. The number of nitrogens with two attached hydrogens (primary N) is 1. The van der Waals surface area contributed by atoms with Crippen LogP contribution < -0.4 is 10.5 Å². The van der Waals surface area contributed by atoms with E-state index in [1.807, 2.05) is 0 Å². The second-order valence-electron chi connectivity index (χ2n) is 4.74. The Morgan fingerprint density at radius 2 is 1.91 bits per heavy atom. The molecule has 0 amide bonds. The molecule has 0 aliphatic heterocycles. The first-order valence-electron chi connectivity index (χ1n) is 6.31. The number of nitrogen functional groups attached to an aromatic ring is 1. The van der Waals surface area contributed by atoms with Crippen molar-refractivity contribution in [3.8, 4) is 17.0 Å². The monoisotopic (exact) mass is 308 g/mol. The van der Waals surface area contributed by atoms with E-state index in [9.17, 15) is 13.6 Å². The van der Waals surface area contributed by atoms with E-state index in [1.54, 1.807) is 6.92 Å². The lowest BCUT2D eigenvalue weighted by atomic mass is 10.0. The van der Waals surface area contributed by atoms with Gasteiger partial charge in [-0.05, 0) is 25.5 Å². The first-order chi connectivity index (χ1) is 10.3. The average molecular weight is 308 g/mol. The van der Waals surface area contributed by atoms with Gasteiger partial charge in [0.15, 0.2) is 23.1 Å². The SMILES string of the molecule is COc1c(C)ccc(-c2nc(C(=O)O)c(C)c(N)c2F)c1F. The van der Waals surface area contributed by atoms with Crippen molar-refractivity contribution in [3.05, 3.63) is 40.6 Å². The molecule has 2 rings (SSSR count). The minimum absolute atomic E-state index is 0.00626. The Kier molecular flexibility index (Phi) is 3.99. The number of ether oxygens (including phenoxy) is 1. The lowest BCUT2D eigenvalue weighted by Crippen LogP contribution is -2.11. The van der Waals surface area contributed by atoms with E-state index in [4.69, 9.17) is 15.6 Å². The smallest absolute Gasteiger partial charge is 0.354 e. The molecule has 0 bridgehead atoms. The first kappa shape index (κ1) is 15.7. The van der Waals surface area contributed by atoms with Gasteiger partial charge in [-0.2, -0.15) is 0 Å². The number of rotatable bonds is 3. The fourth-order valence-electron chi connectivity index (χ4n) is 2.14. The summed E-state index contributed by atoms with van der Waals surface area (Å²) in [6.45, 7) is 2.96. The number of pyridine rings is 1.